The van der Waals surface area contributed by atoms with E-state index in [1.165, 1.54) is 0 Å². The van der Waals surface area contributed by atoms with Crippen molar-refractivity contribution in [1.29, 1.82) is 0 Å². The first-order valence-corrected chi connectivity index (χ1v) is 6.12. The molecule has 82 valence electrons. The van der Waals surface area contributed by atoms with Gasteiger partial charge in [-0.25, -0.2) is 4.39 Å². The number of rotatable bonds is 2. The molecule has 0 amide bonds. The first-order chi connectivity index (χ1) is 7.10. The maximum absolute atomic E-state index is 13.9. The van der Waals surface area contributed by atoms with Crippen LogP contribution in [-0.2, 0) is 5.41 Å². The molecule has 1 aromatic carbocycles. The summed E-state index contributed by atoms with van der Waals surface area (Å²) in [6.45, 7) is 0.475. The standard InChI is InChI=1S/C11H12BrClFN/c12-7-2-3-8(13)10(14)9(7)11(6-15)4-1-5-11/h2-3H,1,4-6,15H2. The largest absolute Gasteiger partial charge is 0.330 e. The minimum absolute atomic E-state index is 0.174. The van der Waals surface area contributed by atoms with E-state index in [1.807, 2.05) is 0 Å². The van der Waals surface area contributed by atoms with Gasteiger partial charge in [0.2, 0.25) is 0 Å². The van der Waals surface area contributed by atoms with E-state index in [9.17, 15) is 4.39 Å². The van der Waals surface area contributed by atoms with Crippen LogP contribution in [0.5, 0.6) is 0 Å². The third-order valence-corrected chi connectivity index (χ3v) is 4.23. The Kier molecular flexibility index (Phi) is 3.06. The lowest BCUT2D eigenvalue weighted by molar-refractivity contribution is 0.243. The maximum atomic E-state index is 13.9. The van der Waals surface area contributed by atoms with Crippen LogP contribution >= 0.6 is 27.5 Å². The van der Waals surface area contributed by atoms with Crippen molar-refractivity contribution in [2.75, 3.05) is 6.54 Å². The molecular weight excluding hydrogens is 280 g/mol. The van der Waals surface area contributed by atoms with Crippen LogP contribution in [0.2, 0.25) is 5.02 Å². The van der Waals surface area contributed by atoms with Gasteiger partial charge in [0.15, 0.2) is 0 Å². The van der Waals surface area contributed by atoms with Crippen molar-refractivity contribution in [3.05, 3.63) is 33.0 Å². The average molecular weight is 293 g/mol. The molecular formula is C11H12BrClFN. The molecule has 0 spiro atoms. The van der Waals surface area contributed by atoms with Crippen LogP contribution in [0.25, 0.3) is 0 Å². The third kappa shape index (κ3) is 1.71. The highest BCUT2D eigenvalue weighted by Gasteiger charge is 2.41. The Hall–Kier alpha value is -0.120. The summed E-state index contributed by atoms with van der Waals surface area (Å²) in [5.41, 5.74) is 6.21. The lowest BCUT2D eigenvalue weighted by Gasteiger charge is -2.42. The van der Waals surface area contributed by atoms with Crippen LogP contribution in [0.3, 0.4) is 0 Å². The summed E-state index contributed by atoms with van der Waals surface area (Å²) in [6.07, 6.45) is 2.99. The Bertz CT molecular complexity index is 385. The highest BCUT2D eigenvalue weighted by atomic mass is 79.9. The van der Waals surface area contributed by atoms with Gasteiger partial charge >= 0.3 is 0 Å². The summed E-state index contributed by atoms with van der Waals surface area (Å²) in [7, 11) is 0. The molecule has 1 saturated carbocycles. The Morgan fingerprint density at radius 2 is 2.13 bits per heavy atom. The quantitative estimate of drug-likeness (QED) is 0.828. The van der Waals surface area contributed by atoms with E-state index in [0.29, 0.717) is 12.1 Å². The van der Waals surface area contributed by atoms with E-state index in [-0.39, 0.29) is 16.3 Å². The summed E-state index contributed by atoms with van der Waals surface area (Å²) in [6, 6.07) is 3.35. The summed E-state index contributed by atoms with van der Waals surface area (Å²) < 4.78 is 14.7. The molecule has 15 heavy (non-hydrogen) atoms. The highest BCUT2D eigenvalue weighted by Crippen LogP contribution is 2.47. The fourth-order valence-corrected chi connectivity index (χ4v) is 3.06. The van der Waals surface area contributed by atoms with Crippen molar-refractivity contribution in [2.45, 2.75) is 24.7 Å². The van der Waals surface area contributed by atoms with Crippen LogP contribution in [0.15, 0.2) is 16.6 Å². The Morgan fingerprint density at radius 3 is 2.60 bits per heavy atom. The van der Waals surface area contributed by atoms with Crippen LogP contribution in [-0.4, -0.2) is 6.54 Å². The molecule has 0 saturated heterocycles. The molecule has 0 radical (unpaired) electrons. The van der Waals surface area contributed by atoms with Crippen molar-refractivity contribution in [1.82, 2.24) is 0 Å². The molecule has 0 atom stereocenters. The van der Waals surface area contributed by atoms with Gasteiger partial charge in [0.1, 0.15) is 5.82 Å². The van der Waals surface area contributed by atoms with E-state index < -0.39 is 0 Å². The van der Waals surface area contributed by atoms with Crippen molar-refractivity contribution < 1.29 is 4.39 Å². The fourth-order valence-electron chi connectivity index (χ4n) is 2.17. The Balaban J connectivity index is 2.55. The normalized spacial score (nSPS) is 18.7. The molecule has 0 heterocycles. The zero-order valence-corrected chi connectivity index (χ0v) is 10.5. The average Bonchev–Trinajstić information content (AvgIpc) is 2.16. The minimum atomic E-state index is -0.323. The number of nitrogens with two attached hydrogens (primary N) is 1. The molecule has 1 nitrogen and oxygen atoms in total. The molecule has 2 N–H and O–H groups in total. The lowest BCUT2D eigenvalue weighted by atomic mass is 9.64. The number of halogens is 3. The molecule has 1 fully saturated rings. The topological polar surface area (TPSA) is 26.0 Å². The molecule has 0 aliphatic heterocycles. The highest BCUT2D eigenvalue weighted by molar-refractivity contribution is 9.10. The van der Waals surface area contributed by atoms with E-state index in [4.69, 9.17) is 17.3 Å². The number of hydrogen-bond donors (Lipinski definition) is 1. The number of benzene rings is 1. The lowest BCUT2D eigenvalue weighted by Crippen LogP contribution is -2.42. The molecule has 0 bridgehead atoms. The molecule has 1 aliphatic carbocycles. The van der Waals surface area contributed by atoms with Crippen LogP contribution in [0, 0.1) is 5.82 Å². The second-order valence-corrected chi connectivity index (χ2v) is 5.32. The van der Waals surface area contributed by atoms with E-state index in [2.05, 4.69) is 15.9 Å². The van der Waals surface area contributed by atoms with E-state index in [1.54, 1.807) is 12.1 Å². The molecule has 1 aliphatic rings. The van der Waals surface area contributed by atoms with Gasteiger partial charge in [0, 0.05) is 22.0 Å². The minimum Gasteiger partial charge on any atom is -0.330 e. The summed E-state index contributed by atoms with van der Waals surface area (Å²) in [5, 5.41) is 0.174. The predicted molar refractivity (Wildman–Crippen MR) is 63.7 cm³/mol. The molecule has 4 heteroatoms. The molecule has 0 aromatic heterocycles. The summed E-state index contributed by atoms with van der Waals surface area (Å²) >= 11 is 9.17. The van der Waals surface area contributed by atoms with Crippen molar-refractivity contribution in [3.8, 4) is 0 Å². The van der Waals surface area contributed by atoms with Gasteiger partial charge in [-0.15, -0.1) is 0 Å². The molecule has 0 unspecified atom stereocenters. The van der Waals surface area contributed by atoms with Gasteiger partial charge in [-0.3, -0.25) is 0 Å². The first kappa shape index (κ1) is 11.4. The van der Waals surface area contributed by atoms with Crippen LogP contribution in [0.4, 0.5) is 4.39 Å². The van der Waals surface area contributed by atoms with Gasteiger partial charge in [-0.05, 0) is 25.0 Å². The first-order valence-electron chi connectivity index (χ1n) is 4.95. The Labute approximate surface area is 102 Å². The Morgan fingerprint density at radius 1 is 1.47 bits per heavy atom. The molecule has 2 rings (SSSR count). The second kappa shape index (κ2) is 4.04. The van der Waals surface area contributed by atoms with Crippen LogP contribution in [0.1, 0.15) is 24.8 Å². The smallest absolute Gasteiger partial charge is 0.146 e. The van der Waals surface area contributed by atoms with Gasteiger partial charge in [-0.2, -0.15) is 0 Å². The van der Waals surface area contributed by atoms with Crippen molar-refractivity contribution >= 4 is 27.5 Å². The van der Waals surface area contributed by atoms with Crippen molar-refractivity contribution in [2.24, 2.45) is 5.73 Å². The van der Waals surface area contributed by atoms with Crippen molar-refractivity contribution in [3.63, 3.8) is 0 Å². The van der Waals surface area contributed by atoms with E-state index >= 15 is 0 Å². The fraction of sp³-hybridized carbons (Fsp3) is 0.455. The predicted octanol–water partition coefficient (Wildman–Crippen LogP) is 3.62. The second-order valence-electron chi connectivity index (χ2n) is 4.06. The zero-order valence-electron chi connectivity index (χ0n) is 8.19. The summed E-state index contributed by atoms with van der Waals surface area (Å²) in [4.78, 5) is 0. The van der Waals surface area contributed by atoms with Gasteiger partial charge in [-0.1, -0.05) is 34.0 Å². The van der Waals surface area contributed by atoms with Gasteiger partial charge in [0.25, 0.3) is 0 Å². The van der Waals surface area contributed by atoms with Gasteiger partial charge < -0.3 is 5.73 Å². The van der Waals surface area contributed by atoms with Gasteiger partial charge in [0.05, 0.1) is 5.02 Å². The zero-order chi connectivity index (χ0) is 11.1. The summed E-state index contributed by atoms with van der Waals surface area (Å²) in [5.74, 6) is -0.323. The van der Waals surface area contributed by atoms with E-state index in [0.717, 1.165) is 23.7 Å². The number of hydrogen-bond acceptors (Lipinski definition) is 1. The third-order valence-electron chi connectivity index (χ3n) is 3.28. The maximum Gasteiger partial charge on any atom is 0.146 e. The van der Waals surface area contributed by atoms with Crippen LogP contribution < -0.4 is 5.73 Å². The monoisotopic (exact) mass is 291 g/mol. The molecule has 1 aromatic rings. The SMILES string of the molecule is NCC1(c2c(Br)ccc(Cl)c2F)CCC1.